The SMILES string of the molecule is CCCN(CCC)S(=O)(=O)CCC(Sc1nn[nH]n1)C1=C(C(=O)O)N2C(=O)C(NC(=O)CSC(F)(F)F)[C@@H]2SC1. The van der Waals surface area contributed by atoms with Crippen molar-refractivity contribution in [2.75, 3.05) is 30.3 Å². The molecule has 3 N–H and O–H groups in total. The Labute approximate surface area is 240 Å². The fourth-order valence-corrected chi connectivity index (χ4v) is 8.94. The summed E-state index contributed by atoms with van der Waals surface area (Å²) in [5.74, 6) is -4.41. The number of carboxylic acid groups (broad SMARTS) is 1. The molecule has 224 valence electrons. The number of halogens is 3. The molecule has 0 aliphatic carbocycles. The van der Waals surface area contributed by atoms with Crippen LogP contribution in [0.25, 0.3) is 0 Å². The molecule has 0 spiro atoms. The van der Waals surface area contributed by atoms with Gasteiger partial charge in [0.05, 0.1) is 11.5 Å². The lowest BCUT2D eigenvalue weighted by atomic mass is 10.0. The number of thioether (sulfide) groups is 3. The second-order valence-electron chi connectivity index (χ2n) is 8.67. The van der Waals surface area contributed by atoms with Gasteiger partial charge in [0.15, 0.2) is 0 Å². The van der Waals surface area contributed by atoms with Gasteiger partial charge in [0.1, 0.15) is 17.1 Å². The smallest absolute Gasteiger partial charge is 0.442 e. The maximum atomic E-state index is 13.1. The largest absolute Gasteiger partial charge is 0.477 e. The highest BCUT2D eigenvalue weighted by molar-refractivity contribution is 8.01. The molecule has 2 aliphatic rings. The van der Waals surface area contributed by atoms with Crippen molar-refractivity contribution in [1.82, 2.24) is 35.1 Å². The van der Waals surface area contributed by atoms with Gasteiger partial charge in [-0.15, -0.1) is 22.0 Å². The standard InChI is InChI=1S/C20H28F3N7O6S4/c1-3-6-29(7-4-2)40(35,36)8-5-12(39-19-25-27-28-26-19)11-9-37-17-14(16(32)30(17)15(11)18(33)34)24-13(31)10-38-20(21,22)23/h12,14,17H,3-10H2,1-2H3,(H,24,31)(H,33,34)(H,25,26,27,28)/t12?,14?,17-/m0/s1. The number of carboxylic acids is 1. The summed E-state index contributed by atoms with van der Waals surface area (Å²) in [5, 5.41) is 24.4. The summed E-state index contributed by atoms with van der Waals surface area (Å²) < 4.78 is 64.9. The van der Waals surface area contributed by atoms with Crippen LogP contribution < -0.4 is 5.32 Å². The minimum atomic E-state index is -4.62. The summed E-state index contributed by atoms with van der Waals surface area (Å²) in [5.41, 5.74) is -4.72. The van der Waals surface area contributed by atoms with Crippen molar-refractivity contribution in [3.05, 3.63) is 11.3 Å². The van der Waals surface area contributed by atoms with Crippen LogP contribution in [0.2, 0.25) is 0 Å². The average molecular weight is 648 g/mol. The highest BCUT2D eigenvalue weighted by Gasteiger charge is 2.55. The van der Waals surface area contributed by atoms with Crippen LogP contribution in [-0.2, 0) is 24.4 Å². The summed E-state index contributed by atoms with van der Waals surface area (Å²) in [6.07, 6.45) is 1.23. The Hall–Kier alpha value is -2.03. The third kappa shape index (κ3) is 8.04. The van der Waals surface area contributed by atoms with Crippen molar-refractivity contribution in [2.24, 2.45) is 0 Å². The molecule has 0 bridgehead atoms. The number of carbonyl (C=O) groups excluding carboxylic acids is 2. The van der Waals surface area contributed by atoms with E-state index in [4.69, 9.17) is 0 Å². The van der Waals surface area contributed by atoms with Crippen molar-refractivity contribution < 1.29 is 41.1 Å². The number of nitrogens with one attached hydrogen (secondary N) is 2. The van der Waals surface area contributed by atoms with Crippen molar-refractivity contribution in [1.29, 1.82) is 0 Å². The highest BCUT2D eigenvalue weighted by atomic mass is 32.2. The predicted octanol–water partition coefficient (Wildman–Crippen LogP) is 1.49. The van der Waals surface area contributed by atoms with E-state index in [1.807, 2.05) is 13.8 Å². The van der Waals surface area contributed by atoms with Gasteiger partial charge >= 0.3 is 11.5 Å². The van der Waals surface area contributed by atoms with Crippen LogP contribution in [-0.4, -0.2) is 114 Å². The molecule has 2 aliphatic heterocycles. The molecule has 0 saturated carbocycles. The Morgan fingerprint density at radius 1 is 1.30 bits per heavy atom. The van der Waals surface area contributed by atoms with Crippen LogP contribution in [0.1, 0.15) is 33.1 Å². The molecule has 1 saturated heterocycles. The lowest BCUT2D eigenvalue weighted by molar-refractivity contribution is -0.150. The van der Waals surface area contributed by atoms with E-state index in [2.05, 4.69) is 25.9 Å². The van der Waals surface area contributed by atoms with E-state index in [9.17, 15) is 41.1 Å². The summed E-state index contributed by atoms with van der Waals surface area (Å²) in [6.45, 7) is 4.41. The molecular formula is C20H28F3N7O6S4. The van der Waals surface area contributed by atoms with Crippen LogP contribution >= 0.6 is 35.3 Å². The first-order valence-corrected chi connectivity index (χ1v) is 16.6. The molecule has 0 radical (unpaired) electrons. The van der Waals surface area contributed by atoms with E-state index < -0.39 is 67.5 Å². The van der Waals surface area contributed by atoms with E-state index in [-0.39, 0.29) is 34.4 Å². The maximum Gasteiger partial charge on any atom is 0.442 e. The number of amides is 2. The van der Waals surface area contributed by atoms with Gasteiger partial charge < -0.3 is 10.4 Å². The summed E-state index contributed by atoms with van der Waals surface area (Å²) in [4.78, 5) is 38.2. The maximum absolute atomic E-state index is 13.1. The fourth-order valence-electron chi connectivity index (χ4n) is 4.16. The minimum absolute atomic E-state index is 0.0142. The topological polar surface area (TPSA) is 179 Å². The van der Waals surface area contributed by atoms with Gasteiger partial charge in [-0.25, -0.2) is 17.5 Å². The Morgan fingerprint density at radius 2 is 1.98 bits per heavy atom. The first kappa shape index (κ1) is 32.5. The van der Waals surface area contributed by atoms with Crippen LogP contribution in [0.15, 0.2) is 16.4 Å². The van der Waals surface area contributed by atoms with Crippen LogP contribution in [0, 0.1) is 0 Å². The second kappa shape index (κ2) is 13.8. The molecule has 20 heteroatoms. The minimum Gasteiger partial charge on any atom is -0.477 e. The summed E-state index contributed by atoms with van der Waals surface area (Å²) in [6, 6.07) is -1.19. The first-order valence-electron chi connectivity index (χ1n) is 12.1. The number of β-lactam (4-membered cyclic amide) rings is 1. The fraction of sp³-hybridized carbons (Fsp3) is 0.700. The zero-order valence-electron chi connectivity index (χ0n) is 21.4. The monoisotopic (exact) mass is 647 g/mol. The molecule has 1 aromatic rings. The highest BCUT2D eigenvalue weighted by Crippen LogP contribution is 2.44. The van der Waals surface area contributed by atoms with Crippen molar-refractivity contribution in [3.63, 3.8) is 0 Å². The van der Waals surface area contributed by atoms with Gasteiger partial charge in [-0.2, -0.15) is 18.4 Å². The van der Waals surface area contributed by atoms with Gasteiger partial charge in [-0.3, -0.25) is 14.5 Å². The normalized spacial score (nSPS) is 20.4. The number of tetrazole rings is 1. The molecule has 0 aromatic carbocycles. The molecule has 13 nitrogen and oxygen atoms in total. The molecule has 1 fully saturated rings. The molecule has 2 unspecified atom stereocenters. The molecule has 40 heavy (non-hydrogen) atoms. The van der Waals surface area contributed by atoms with Crippen LogP contribution in [0.3, 0.4) is 0 Å². The van der Waals surface area contributed by atoms with Gasteiger partial charge in [-0.05, 0) is 41.8 Å². The molecule has 3 rings (SSSR count). The number of H-pyrrole nitrogens is 1. The van der Waals surface area contributed by atoms with E-state index in [1.54, 1.807) is 0 Å². The van der Waals surface area contributed by atoms with E-state index in [0.717, 1.165) is 28.4 Å². The number of aromatic nitrogens is 4. The number of hydrogen-bond acceptors (Lipinski definition) is 11. The Bertz CT molecular complexity index is 1210. The Morgan fingerprint density at radius 3 is 2.52 bits per heavy atom. The van der Waals surface area contributed by atoms with Crippen molar-refractivity contribution >= 4 is 63.1 Å². The quantitative estimate of drug-likeness (QED) is 0.185. The lowest BCUT2D eigenvalue weighted by Gasteiger charge is -2.50. The van der Waals surface area contributed by atoms with Crippen LogP contribution in [0.5, 0.6) is 0 Å². The first-order chi connectivity index (χ1) is 18.8. The zero-order chi connectivity index (χ0) is 29.7. The summed E-state index contributed by atoms with van der Waals surface area (Å²) >= 11 is 1.57. The van der Waals surface area contributed by atoms with E-state index >= 15 is 0 Å². The molecular weight excluding hydrogens is 620 g/mol. The van der Waals surface area contributed by atoms with E-state index in [0.29, 0.717) is 25.9 Å². The number of fused-ring (bicyclic) bond motifs is 1. The Kier molecular flexibility index (Phi) is 11.2. The number of aliphatic carboxylic acids is 1. The third-order valence-electron chi connectivity index (χ3n) is 5.82. The summed E-state index contributed by atoms with van der Waals surface area (Å²) in [7, 11) is -3.69. The lowest BCUT2D eigenvalue weighted by Crippen LogP contribution is -2.71. The van der Waals surface area contributed by atoms with Crippen LogP contribution in [0.4, 0.5) is 13.2 Å². The molecule has 2 amide bonds. The molecule has 3 heterocycles. The number of alkyl halides is 3. The van der Waals surface area contributed by atoms with Gasteiger partial charge in [0.25, 0.3) is 5.91 Å². The second-order valence-corrected chi connectivity index (χ2v) is 14.1. The number of sulfonamides is 1. The number of carbonyl (C=O) groups is 3. The van der Waals surface area contributed by atoms with Gasteiger partial charge in [0, 0.05) is 24.1 Å². The van der Waals surface area contributed by atoms with Gasteiger partial charge in [0.2, 0.25) is 21.1 Å². The zero-order valence-corrected chi connectivity index (χ0v) is 24.6. The number of aromatic amines is 1. The third-order valence-corrected chi connectivity index (χ3v) is 11.0. The van der Waals surface area contributed by atoms with E-state index in [1.165, 1.54) is 4.31 Å². The average Bonchev–Trinajstić information content (AvgIpc) is 3.40. The number of hydrogen-bond donors (Lipinski definition) is 3. The molecule has 1 aromatic heterocycles. The predicted molar refractivity (Wildman–Crippen MR) is 143 cm³/mol. The van der Waals surface area contributed by atoms with Crippen molar-refractivity contribution in [2.45, 2.75) is 60.4 Å². The molecule has 3 atom stereocenters. The number of nitrogens with zero attached hydrogens (tertiary/aromatic N) is 5. The Balaban J connectivity index is 1.84. The number of rotatable bonds is 15. The van der Waals surface area contributed by atoms with Crippen molar-refractivity contribution in [3.8, 4) is 0 Å². The van der Waals surface area contributed by atoms with Gasteiger partial charge in [-0.1, -0.05) is 25.6 Å².